The van der Waals surface area contributed by atoms with Crippen molar-refractivity contribution in [3.63, 3.8) is 0 Å². The standard InChI is InChI=1S/C11H14N2OS/c1-8(15-2)7-13-6-4-9-3-5-12-11(14)10(9)13/h3-6,8H,7H2,1-2H3,(H,12,14). The number of hydrogen-bond acceptors (Lipinski definition) is 2. The van der Waals surface area contributed by atoms with E-state index in [9.17, 15) is 4.79 Å². The molecule has 0 aliphatic rings. The summed E-state index contributed by atoms with van der Waals surface area (Å²) in [7, 11) is 0. The first kappa shape index (κ1) is 10.4. The lowest BCUT2D eigenvalue weighted by Crippen LogP contribution is -2.14. The molecule has 1 atom stereocenters. The second kappa shape index (κ2) is 4.14. The van der Waals surface area contributed by atoms with Crippen LogP contribution in [0, 0.1) is 0 Å². The van der Waals surface area contributed by atoms with Gasteiger partial charge in [0, 0.05) is 29.6 Å². The van der Waals surface area contributed by atoms with Crippen LogP contribution in [0.15, 0.2) is 29.3 Å². The van der Waals surface area contributed by atoms with Crippen LogP contribution < -0.4 is 5.56 Å². The van der Waals surface area contributed by atoms with E-state index in [-0.39, 0.29) is 5.56 Å². The average molecular weight is 222 g/mol. The molecule has 80 valence electrons. The molecular formula is C11H14N2OS. The van der Waals surface area contributed by atoms with E-state index >= 15 is 0 Å². The van der Waals surface area contributed by atoms with Gasteiger partial charge >= 0.3 is 0 Å². The predicted octanol–water partition coefficient (Wildman–Crippen LogP) is 2.08. The second-order valence-electron chi connectivity index (χ2n) is 3.63. The van der Waals surface area contributed by atoms with Gasteiger partial charge < -0.3 is 9.55 Å². The number of H-pyrrole nitrogens is 1. The van der Waals surface area contributed by atoms with Gasteiger partial charge in [0.2, 0.25) is 0 Å². The highest BCUT2D eigenvalue weighted by atomic mass is 32.2. The van der Waals surface area contributed by atoms with Crippen molar-refractivity contribution < 1.29 is 0 Å². The largest absolute Gasteiger partial charge is 0.342 e. The van der Waals surface area contributed by atoms with Crippen molar-refractivity contribution in [2.24, 2.45) is 0 Å². The van der Waals surface area contributed by atoms with E-state index < -0.39 is 0 Å². The molecule has 3 nitrogen and oxygen atoms in total. The molecule has 2 aromatic rings. The highest BCUT2D eigenvalue weighted by Gasteiger charge is 2.07. The van der Waals surface area contributed by atoms with Gasteiger partial charge in [0.25, 0.3) is 5.56 Å². The first-order valence-corrected chi connectivity index (χ1v) is 6.20. The molecule has 15 heavy (non-hydrogen) atoms. The van der Waals surface area contributed by atoms with E-state index in [0.29, 0.717) is 5.25 Å². The van der Waals surface area contributed by atoms with Crippen molar-refractivity contribution in [1.29, 1.82) is 0 Å². The smallest absolute Gasteiger partial charge is 0.272 e. The number of nitrogens with zero attached hydrogens (tertiary/aromatic N) is 1. The van der Waals surface area contributed by atoms with Crippen molar-refractivity contribution in [1.82, 2.24) is 9.55 Å². The van der Waals surface area contributed by atoms with Gasteiger partial charge in [0.1, 0.15) is 5.52 Å². The van der Waals surface area contributed by atoms with E-state index in [1.807, 2.05) is 22.9 Å². The Bertz CT molecular complexity index is 515. The molecule has 0 saturated heterocycles. The molecule has 1 N–H and O–H groups in total. The minimum atomic E-state index is -0.00852. The van der Waals surface area contributed by atoms with Crippen LogP contribution in [0.1, 0.15) is 6.92 Å². The molecule has 1 unspecified atom stereocenters. The van der Waals surface area contributed by atoms with Crippen LogP contribution in [-0.4, -0.2) is 21.1 Å². The van der Waals surface area contributed by atoms with Gasteiger partial charge in [-0.3, -0.25) is 4.79 Å². The van der Waals surface area contributed by atoms with Gasteiger partial charge in [-0.25, -0.2) is 0 Å². The van der Waals surface area contributed by atoms with Gasteiger partial charge in [-0.15, -0.1) is 0 Å². The second-order valence-corrected chi connectivity index (χ2v) is 4.90. The molecule has 2 heterocycles. The highest BCUT2D eigenvalue weighted by Crippen LogP contribution is 2.14. The van der Waals surface area contributed by atoms with Crippen LogP contribution in [0.5, 0.6) is 0 Å². The van der Waals surface area contributed by atoms with Gasteiger partial charge in [-0.05, 0) is 18.4 Å². The monoisotopic (exact) mass is 222 g/mol. The van der Waals surface area contributed by atoms with Crippen molar-refractivity contribution in [2.45, 2.75) is 18.7 Å². The highest BCUT2D eigenvalue weighted by molar-refractivity contribution is 7.99. The Kier molecular flexibility index (Phi) is 2.86. The van der Waals surface area contributed by atoms with E-state index in [1.165, 1.54) is 0 Å². The molecule has 0 bridgehead atoms. The molecule has 4 heteroatoms. The molecule has 0 amide bonds. The number of aromatic nitrogens is 2. The Labute approximate surface area is 92.5 Å². The van der Waals surface area contributed by atoms with Gasteiger partial charge in [-0.2, -0.15) is 11.8 Å². The lowest BCUT2D eigenvalue weighted by atomic mass is 10.3. The number of pyridine rings is 1. The topological polar surface area (TPSA) is 37.8 Å². The molecular weight excluding hydrogens is 208 g/mol. The van der Waals surface area contributed by atoms with Crippen LogP contribution in [0.4, 0.5) is 0 Å². The SMILES string of the molecule is CSC(C)Cn1ccc2cc[nH]c(=O)c21. The zero-order chi connectivity index (χ0) is 10.8. The molecule has 0 spiro atoms. The molecule has 0 aliphatic carbocycles. The lowest BCUT2D eigenvalue weighted by molar-refractivity contribution is 0.716. The van der Waals surface area contributed by atoms with Crippen LogP contribution in [0.25, 0.3) is 10.9 Å². The summed E-state index contributed by atoms with van der Waals surface area (Å²) < 4.78 is 2.02. The number of hydrogen-bond donors (Lipinski definition) is 1. The lowest BCUT2D eigenvalue weighted by Gasteiger charge is -2.09. The summed E-state index contributed by atoms with van der Waals surface area (Å²) in [6.45, 7) is 3.03. The fourth-order valence-corrected chi connectivity index (χ4v) is 1.97. The summed E-state index contributed by atoms with van der Waals surface area (Å²) >= 11 is 1.80. The van der Waals surface area contributed by atoms with Crippen LogP contribution >= 0.6 is 11.8 Å². The third-order valence-electron chi connectivity index (χ3n) is 2.54. The summed E-state index contributed by atoms with van der Waals surface area (Å²) in [4.78, 5) is 14.4. The van der Waals surface area contributed by atoms with E-state index in [4.69, 9.17) is 0 Å². The Morgan fingerprint density at radius 1 is 1.53 bits per heavy atom. The van der Waals surface area contributed by atoms with Crippen molar-refractivity contribution in [2.75, 3.05) is 6.26 Å². The summed E-state index contributed by atoms with van der Waals surface area (Å²) in [5.74, 6) is 0. The zero-order valence-corrected chi connectivity index (χ0v) is 9.67. The molecule has 0 saturated carbocycles. The number of thioether (sulfide) groups is 1. The summed E-state index contributed by atoms with van der Waals surface area (Å²) in [5, 5.41) is 1.52. The van der Waals surface area contributed by atoms with Crippen LogP contribution in [0.2, 0.25) is 0 Å². The van der Waals surface area contributed by atoms with Crippen molar-refractivity contribution in [3.8, 4) is 0 Å². The van der Waals surface area contributed by atoms with E-state index in [2.05, 4.69) is 18.2 Å². The summed E-state index contributed by atoms with van der Waals surface area (Å²) in [6.07, 6.45) is 5.75. The molecule has 2 aromatic heterocycles. The van der Waals surface area contributed by atoms with Gasteiger partial charge in [-0.1, -0.05) is 6.92 Å². The third-order valence-corrected chi connectivity index (χ3v) is 3.50. The fourth-order valence-electron chi connectivity index (χ4n) is 1.66. The van der Waals surface area contributed by atoms with Gasteiger partial charge in [0.05, 0.1) is 0 Å². The number of fused-ring (bicyclic) bond motifs is 1. The third kappa shape index (κ3) is 1.95. The van der Waals surface area contributed by atoms with Gasteiger partial charge in [0.15, 0.2) is 0 Å². The predicted molar refractivity (Wildman–Crippen MR) is 65.5 cm³/mol. The van der Waals surface area contributed by atoms with E-state index in [1.54, 1.807) is 18.0 Å². The minimum Gasteiger partial charge on any atom is -0.342 e. The van der Waals surface area contributed by atoms with Crippen LogP contribution in [0.3, 0.4) is 0 Å². The van der Waals surface area contributed by atoms with E-state index in [0.717, 1.165) is 17.4 Å². The minimum absolute atomic E-state index is 0.00852. The zero-order valence-electron chi connectivity index (χ0n) is 8.86. The molecule has 2 rings (SSSR count). The normalized spacial score (nSPS) is 13.2. The fraction of sp³-hybridized carbons (Fsp3) is 0.364. The quantitative estimate of drug-likeness (QED) is 0.863. The summed E-state index contributed by atoms with van der Waals surface area (Å²) in [5.41, 5.74) is 0.768. The number of nitrogens with one attached hydrogen (secondary N) is 1. The first-order valence-electron chi connectivity index (χ1n) is 4.91. The molecule has 0 radical (unpaired) electrons. The Morgan fingerprint density at radius 2 is 2.33 bits per heavy atom. The molecule has 0 fully saturated rings. The maximum Gasteiger partial charge on any atom is 0.272 e. The maximum absolute atomic E-state index is 11.6. The first-order chi connectivity index (χ1) is 7.22. The Hall–Kier alpha value is -1.16. The van der Waals surface area contributed by atoms with Crippen molar-refractivity contribution >= 4 is 22.7 Å². The number of aromatic amines is 1. The molecule has 0 aromatic carbocycles. The average Bonchev–Trinajstić information content (AvgIpc) is 2.63. The van der Waals surface area contributed by atoms with Crippen molar-refractivity contribution in [3.05, 3.63) is 34.9 Å². The summed E-state index contributed by atoms with van der Waals surface area (Å²) in [6, 6.07) is 3.91. The van der Waals surface area contributed by atoms with Crippen LogP contribution in [-0.2, 0) is 6.54 Å². The Morgan fingerprint density at radius 3 is 3.07 bits per heavy atom. The Balaban J connectivity index is 2.48. The molecule has 0 aliphatic heterocycles. The number of rotatable bonds is 3. The maximum atomic E-state index is 11.6.